The highest BCUT2D eigenvalue weighted by Crippen LogP contribution is 2.06. The van der Waals surface area contributed by atoms with Crippen molar-refractivity contribution in [2.45, 2.75) is 26.7 Å². The first-order valence-electron chi connectivity index (χ1n) is 7.03. The van der Waals surface area contributed by atoms with Gasteiger partial charge in [0.25, 0.3) is 5.91 Å². The van der Waals surface area contributed by atoms with Gasteiger partial charge in [0.05, 0.1) is 0 Å². The van der Waals surface area contributed by atoms with Crippen molar-refractivity contribution in [3.8, 4) is 0 Å². The number of anilines is 1. The van der Waals surface area contributed by atoms with Crippen LogP contribution in [0.5, 0.6) is 0 Å². The smallest absolute Gasteiger partial charge is 0.251 e. The summed E-state index contributed by atoms with van der Waals surface area (Å²) in [7, 11) is 0. The van der Waals surface area contributed by atoms with Crippen LogP contribution in [-0.4, -0.2) is 37.0 Å². The molecule has 21 heavy (non-hydrogen) atoms. The van der Waals surface area contributed by atoms with Crippen molar-refractivity contribution in [3.05, 3.63) is 29.8 Å². The second-order valence-electron chi connectivity index (χ2n) is 4.62. The van der Waals surface area contributed by atoms with Gasteiger partial charge in [0, 0.05) is 17.8 Å². The van der Waals surface area contributed by atoms with Gasteiger partial charge in [-0.2, -0.15) is 0 Å². The minimum atomic E-state index is -0.0462. The Kier molecular flexibility index (Phi) is 13.5. The zero-order chi connectivity index (χ0) is 14.1. The van der Waals surface area contributed by atoms with Gasteiger partial charge >= 0.3 is 0 Å². The number of carbonyl (C=O) groups excluding carboxylic acids is 1. The normalized spacial score (nSPS) is 9.67. The van der Waals surface area contributed by atoms with E-state index in [-0.39, 0.29) is 30.7 Å². The number of nitrogens with two attached hydrogens (primary N) is 1. The molecule has 6 heteroatoms. The minimum Gasteiger partial charge on any atom is -0.399 e. The van der Waals surface area contributed by atoms with Crippen LogP contribution in [0.1, 0.15) is 37.0 Å². The van der Waals surface area contributed by atoms with E-state index in [4.69, 9.17) is 5.73 Å². The SMILES string of the molecule is CCN(CC)CCCCNC(=O)c1cccc(N)c1.Cl.Cl. The molecule has 0 spiro atoms. The van der Waals surface area contributed by atoms with Crippen molar-refractivity contribution >= 4 is 36.4 Å². The number of amides is 1. The Morgan fingerprint density at radius 3 is 2.43 bits per heavy atom. The number of rotatable bonds is 8. The van der Waals surface area contributed by atoms with Crippen LogP contribution in [0.2, 0.25) is 0 Å². The van der Waals surface area contributed by atoms with E-state index in [1.165, 1.54) is 0 Å². The first-order valence-corrected chi connectivity index (χ1v) is 7.03. The van der Waals surface area contributed by atoms with Crippen LogP contribution in [-0.2, 0) is 0 Å². The van der Waals surface area contributed by atoms with Gasteiger partial charge in [-0.25, -0.2) is 0 Å². The maximum Gasteiger partial charge on any atom is 0.251 e. The van der Waals surface area contributed by atoms with E-state index in [0.29, 0.717) is 11.3 Å². The number of nitrogens with one attached hydrogen (secondary N) is 1. The monoisotopic (exact) mass is 335 g/mol. The molecule has 0 aliphatic heterocycles. The fraction of sp³-hybridized carbons (Fsp3) is 0.533. The molecule has 1 aromatic rings. The Hall–Kier alpha value is -0.970. The van der Waals surface area contributed by atoms with Crippen molar-refractivity contribution in [2.24, 2.45) is 0 Å². The van der Waals surface area contributed by atoms with Gasteiger partial charge in [0.1, 0.15) is 0 Å². The fourth-order valence-electron chi connectivity index (χ4n) is 1.98. The summed E-state index contributed by atoms with van der Waals surface area (Å²) in [5.74, 6) is -0.0462. The van der Waals surface area contributed by atoms with Crippen molar-refractivity contribution in [2.75, 3.05) is 31.9 Å². The Morgan fingerprint density at radius 2 is 1.86 bits per heavy atom. The van der Waals surface area contributed by atoms with Gasteiger partial charge in [-0.15, -0.1) is 24.8 Å². The highest BCUT2D eigenvalue weighted by Gasteiger charge is 2.04. The second-order valence-corrected chi connectivity index (χ2v) is 4.62. The zero-order valence-corrected chi connectivity index (χ0v) is 14.4. The molecule has 0 aromatic heterocycles. The summed E-state index contributed by atoms with van der Waals surface area (Å²) >= 11 is 0. The lowest BCUT2D eigenvalue weighted by Crippen LogP contribution is -2.27. The number of halogens is 2. The van der Waals surface area contributed by atoms with Crippen LogP contribution in [0.3, 0.4) is 0 Å². The van der Waals surface area contributed by atoms with Gasteiger partial charge in [0.2, 0.25) is 0 Å². The first-order chi connectivity index (χ1) is 9.17. The van der Waals surface area contributed by atoms with Crippen LogP contribution >= 0.6 is 24.8 Å². The van der Waals surface area contributed by atoms with E-state index >= 15 is 0 Å². The molecule has 0 saturated carbocycles. The van der Waals surface area contributed by atoms with Crippen molar-refractivity contribution in [3.63, 3.8) is 0 Å². The Bertz CT molecular complexity index is 398. The van der Waals surface area contributed by atoms with Crippen LogP contribution in [0.4, 0.5) is 5.69 Å². The molecule has 0 fully saturated rings. The van der Waals surface area contributed by atoms with E-state index in [1.54, 1.807) is 24.3 Å². The average Bonchev–Trinajstić information content (AvgIpc) is 2.42. The maximum atomic E-state index is 11.8. The molecule has 0 saturated heterocycles. The van der Waals surface area contributed by atoms with Gasteiger partial charge < -0.3 is 16.0 Å². The highest BCUT2D eigenvalue weighted by atomic mass is 35.5. The summed E-state index contributed by atoms with van der Waals surface area (Å²) in [4.78, 5) is 14.2. The molecule has 4 nitrogen and oxygen atoms in total. The molecule has 0 heterocycles. The molecule has 0 bridgehead atoms. The van der Waals surface area contributed by atoms with Crippen molar-refractivity contribution in [1.29, 1.82) is 0 Å². The van der Waals surface area contributed by atoms with Crippen molar-refractivity contribution < 1.29 is 4.79 Å². The minimum absolute atomic E-state index is 0. The highest BCUT2D eigenvalue weighted by molar-refractivity contribution is 5.94. The number of benzene rings is 1. The number of nitrogens with zero attached hydrogens (tertiary/aromatic N) is 1. The molecule has 0 unspecified atom stereocenters. The Balaban J connectivity index is 0. The summed E-state index contributed by atoms with van der Waals surface area (Å²) in [6.07, 6.45) is 2.11. The Labute approximate surface area is 140 Å². The average molecular weight is 336 g/mol. The van der Waals surface area contributed by atoms with Crippen LogP contribution in [0, 0.1) is 0 Å². The molecule has 1 aromatic carbocycles. The number of nitrogen functional groups attached to an aromatic ring is 1. The number of unbranched alkanes of at least 4 members (excludes halogenated alkanes) is 1. The third-order valence-corrected chi connectivity index (χ3v) is 3.23. The Morgan fingerprint density at radius 1 is 1.19 bits per heavy atom. The second kappa shape index (κ2) is 12.7. The van der Waals surface area contributed by atoms with Crippen LogP contribution in [0.25, 0.3) is 0 Å². The standard InChI is InChI=1S/C15H25N3O.2ClH/c1-3-18(4-2)11-6-5-10-17-15(19)13-8-7-9-14(16)12-13;;/h7-9,12H,3-6,10-11,16H2,1-2H3,(H,17,19);2*1H. The number of hydrogen-bond donors (Lipinski definition) is 2. The van der Waals surface area contributed by atoms with Gasteiger partial charge in [-0.05, 0) is 50.7 Å². The predicted molar refractivity (Wildman–Crippen MR) is 94.7 cm³/mol. The number of hydrogen-bond acceptors (Lipinski definition) is 3. The lowest BCUT2D eigenvalue weighted by atomic mass is 10.2. The van der Waals surface area contributed by atoms with Gasteiger partial charge in [-0.1, -0.05) is 19.9 Å². The third-order valence-electron chi connectivity index (χ3n) is 3.23. The topological polar surface area (TPSA) is 58.4 Å². The molecule has 0 atom stereocenters. The summed E-state index contributed by atoms with van der Waals surface area (Å²) in [6, 6.07) is 7.05. The molecule has 1 amide bonds. The lowest BCUT2D eigenvalue weighted by molar-refractivity contribution is 0.0952. The van der Waals surface area contributed by atoms with E-state index < -0.39 is 0 Å². The summed E-state index contributed by atoms with van der Waals surface area (Å²) in [6.45, 7) is 8.34. The van der Waals surface area contributed by atoms with Crippen LogP contribution in [0.15, 0.2) is 24.3 Å². The molecule has 3 N–H and O–H groups in total. The van der Waals surface area contributed by atoms with Gasteiger partial charge in [-0.3, -0.25) is 4.79 Å². The summed E-state index contributed by atoms with van der Waals surface area (Å²) in [5, 5.41) is 2.92. The molecule has 122 valence electrons. The number of carbonyl (C=O) groups is 1. The molecule has 1 rings (SSSR count). The van der Waals surface area contributed by atoms with Crippen molar-refractivity contribution in [1.82, 2.24) is 10.2 Å². The van der Waals surface area contributed by atoms with Crippen LogP contribution < -0.4 is 11.1 Å². The van der Waals surface area contributed by atoms with E-state index in [2.05, 4.69) is 24.1 Å². The van der Waals surface area contributed by atoms with E-state index in [9.17, 15) is 4.79 Å². The largest absolute Gasteiger partial charge is 0.399 e. The summed E-state index contributed by atoms with van der Waals surface area (Å²) in [5.41, 5.74) is 6.90. The fourth-order valence-corrected chi connectivity index (χ4v) is 1.98. The molecular weight excluding hydrogens is 309 g/mol. The van der Waals surface area contributed by atoms with Gasteiger partial charge in [0.15, 0.2) is 0 Å². The molecular formula is C15H27Cl2N3O. The zero-order valence-electron chi connectivity index (χ0n) is 12.8. The molecule has 0 radical (unpaired) electrons. The maximum absolute atomic E-state index is 11.8. The molecule has 0 aliphatic carbocycles. The summed E-state index contributed by atoms with van der Waals surface area (Å²) < 4.78 is 0. The van der Waals surface area contributed by atoms with E-state index in [1.807, 2.05) is 0 Å². The third kappa shape index (κ3) is 8.81. The lowest BCUT2D eigenvalue weighted by Gasteiger charge is -2.17. The quantitative estimate of drug-likeness (QED) is 0.567. The first kappa shape index (κ1) is 22.3. The predicted octanol–water partition coefficient (Wildman–Crippen LogP) is 2.96. The molecule has 0 aliphatic rings. The van der Waals surface area contributed by atoms with E-state index in [0.717, 1.165) is 39.0 Å².